The summed E-state index contributed by atoms with van der Waals surface area (Å²) < 4.78 is 5.05. The molecule has 0 aliphatic heterocycles. The van der Waals surface area contributed by atoms with Gasteiger partial charge in [0.1, 0.15) is 12.5 Å². The fourth-order valence-electron chi connectivity index (χ4n) is 2.85. The maximum Gasteiger partial charge on any atom is 0.411 e. The molecule has 1 aliphatic rings. The second-order valence-electron chi connectivity index (χ2n) is 5.86. The van der Waals surface area contributed by atoms with Gasteiger partial charge in [-0.1, -0.05) is 42.5 Å². The molecule has 0 heterocycles. The van der Waals surface area contributed by atoms with Crippen molar-refractivity contribution in [1.82, 2.24) is 0 Å². The SMILES string of the molecule is CC(=NCCOC(=O)Nc1ccccc1)C1C(=O)c2ccccc2C1=O. The van der Waals surface area contributed by atoms with Crippen LogP contribution in [-0.4, -0.2) is 36.5 Å². The van der Waals surface area contributed by atoms with Crippen LogP contribution >= 0.6 is 0 Å². The molecular formula is C20H18N2O4. The molecule has 0 unspecified atom stereocenters. The lowest BCUT2D eigenvalue weighted by molar-refractivity contribution is 0.0882. The number of aliphatic imine (C=N–C) groups is 1. The van der Waals surface area contributed by atoms with Gasteiger partial charge < -0.3 is 4.74 Å². The Bertz CT molecular complexity index is 839. The number of carbonyl (C=O) groups excluding carboxylic acids is 3. The fourth-order valence-corrected chi connectivity index (χ4v) is 2.85. The van der Waals surface area contributed by atoms with E-state index in [-0.39, 0.29) is 24.7 Å². The average Bonchev–Trinajstić information content (AvgIpc) is 2.91. The van der Waals surface area contributed by atoms with Crippen LogP contribution in [0.25, 0.3) is 0 Å². The number of hydrogen-bond donors (Lipinski definition) is 1. The van der Waals surface area contributed by atoms with Crippen LogP contribution in [0.2, 0.25) is 0 Å². The minimum atomic E-state index is -0.870. The number of rotatable bonds is 5. The van der Waals surface area contributed by atoms with Crippen LogP contribution in [0.15, 0.2) is 59.6 Å². The smallest absolute Gasteiger partial charge is 0.411 e. The summed E-state index contributed by atoms with van der Waals surface area (Å²) in [5.41, 5.74) is 1.95. The molecule has 1 aliphatic carbocycles. The lowest BCUT2D eigenvalue weighted by atomic mass is 9.99. The first kappa shape index (κ1) is 17.5. The highest BCUT2D eigenvalue weighted by Gasteiger charge is 2.39. The van der Waals surface area contributed by atoms with Crippen LogP contribution in [0.3, 0.4) is 0 Å². The summed E-state index contributed by atoms with van der Waals surface area (Å²) in [7, 11) is 0. The monoisotopic (exact) mass is 350 g/mol. The Kier molecular flexibility index (Phi) is 5.22. The van der Waals surface area contributed by atoms with Gasteiger partial charge in [-0.25, -0.2) is 4.79 Å². The van der Waals surface area contributed by atoms with E-state index in [2.05, 4.69) is 10.3 Å². The summed E-state index contributed by atoms with van der Waals surface area (Å²) in [5.74, 6) is -1.32. The van der Waals surface area contributed by atoms with Gasteiger partial charge in [-0.2, -0.15) is 0 Å². The predicted molar refractivity (Wildman–Crippen MR) is 98.0 cm³/mol. The topological polar surface area (TPSA) is 84.8 Å². The third-order valence-corrected chi connectivity index (χ3v) is 4.11. The molecule has 1 amide bonds. The first-order valence-electron chi connectivity index (χ1n) is 8.25. The first-order chi connectivity index (χ1) is 12.6. The Morgan fingerprint density at radius 1 is 1.00 bits per heavy atom. The van der Waals surface area contributed by atoms with E-state index in [1.54, 1.807) is 55.5 Å². The Morgan fingerprint density at radius 2 is 1.58 bits per heavy atom. The average molecular weight is 350 g/mol. The summed E-state index contributed by atoms with van der Waals surface area (Å²) in [4.78, 5) is 40.7. The van der Waals surface area contributed by atoms with Crippen LogP contribution in [0.5, 0.6) is 0 Å². The molecule has 0 saturated carbocycles. The van der Waals surface area contributed by atoms with Crippen molar-refractivity contribution in [1.29, 1.82) is 0 Å². The number of ketones is 2. The molecule has 0 radical (unpaired) electrons. The lowest BCUT2D eigenvalue weighted by Gasteiger charge is -2.08. The molecule has 6 heteroatoms. The van der Waals surface area contributed by atoms with E-state index in [1.807, 2.05) is 6.07 Å². The largest absolute Gasteiger partial charge is 0.447 e. The van der Waals surface area contributed by atoms with Gasteiger partial charge in [0, 0.05) is 22.5 Å². The molecule has 0 fully saturated rings. The molecule has 2 aromatic rings. The Balaban J connectivity index is 1.52. The maximum atomic E-state index is 12.4. The zero-order valence-electron chi connectivity index (χ0n) is 14.3. The van der Waals surface area contributed by atoms with Crippen molar-refractivity contribution >= 4 is 29.1 Å². The summed E-state index contributed by atoms with van der Waals surface area (Å²) >= 11 is 0. The summed E-state index contributed by atoms with van der Waals surface area (Å²) in [6.07, 6.45) is -0.579. The molecule has 0 spiro atoms. The normalized spacial score (nSPS) is 14.3. The summed E-state index contributed by atoms with van der Waals surface area (Å²) in [6, 6.07) is 15.7. The van der Waals surface area contributed by atoms with Gasteiger partial charge in [-0.15, -0.1) is 0 Å². The van der Waals surface area contributed by atoms with Crippen LogP contribution in [0.4, 0.5) is 10.5 Å². The molecule has 132 valence electrons. The first-order valence-corrected chi connectivity index (χ1v) is 8.25. The highest BCUT2D eigenvalue weighted by molar-refractivity contribution is 6.36. The molecule has 0 aromatic heterocycles. The van der Waals surface area contributed by atoms with Crippen molar-refractivity contribution in [3.63, 3.8) is 0 Å². The van der Waals surface area contributed by atoms with Gasteiger partial charge >= 0.3 is 6.09 Å². The molecule has 1 N–H and O–H groups in total. The second kappa shape index (κ2) is 7.74. The van der Waals surface area contributed by atoms with Crippen molar-refractivity contribution < 1.29 is 19.1 Å². The standard InChI is InChI=1S/C20H18N2O4/c1-13(17-18(23)15-9-5-6-10-16(15)19(17)24)21-11-12-26-20(25)22-14-7-3-2-4-8-14/h2-10,17H,11-12H2,1H3,(H,22,25). The molecule has 0 atom stereocenters. The van der Waals surface area contributed by atoms with Gasteiger partial charge in [0.15, 0.2) is 11.6 Å². The Hall–Kier alpha value is -3.28. The second-order valence-corrected chi connectivity index (χ2v) is 5.86. The number of amides is 1. The van der Waals surface area contributed by atoms with Gasteiger partial charge in [0.2, 0.25) is 0 Å². The van der Waals surface area contributed by atoms with Crippen LogP contribution in [0.1, 0.15) is 27.6 Å². The number of benzene rings is 2. The highest BCUT2D eigenvalue weighted by atomic mass is 16.5. The van der Waals surface area contributed by atoms with Crippen LogP contribution in [0, 0.1) is 5.92 Å². The van der Waals surface area contributed by atoms with Crippen molar-refractivity contribution in [3.8, 4) is 0 Å². The number of anilines is 1. The van der Waals surface area contributed by atoms with E-state index in [0.717, 1.165) is 0 Å². The number of fused-ring (bicyclic) bond motifs is 1. The number of Topliss-reactive ketones (excluding diaryl/α,β-unsaturated/α-hetero) is 2. The van der Waals surface area contributed by atoms with E-state index >= 15 is 0 Å². The Morgan fingerprint density at radius 3 is 2.19 bits per heavy atom. The fraction of sp³-hybridized carbons (Fsp3) is 0.200. The van der Waals surface area contributed by atoms with E-state index < -0.39 is 12.0 Å². The van der Waals surface area contributed by atoms with Crippen molar-refractivity contribution in [3.05, 3.63) is 65.7 Å². The number of para-hydroxylation sites is 1. The highest BCUT2D eigenvalue weighted by Crippen LogP contribution is 2.27. The molecule has 3 rings (SSSR count). The molecule has 0 bridgehead atoms. The summed E-state index contributed by atoms with van der Waals surface area (Å²) in [6.45, 7) is 1.88. The maximum absolute atomic E-state index is 12.4. The zero-order chi connectivity index (χ0) is 18.5. The minimum absolute atomic E-state index is 0.0536. The van der Waals surface area contributed by atoms with Gasteiger partial charge in [-0.05, 0) is 19.1 Å². The third kappa shape index (κ3) is 3.69. The quantitative estimate of drug-likeness (QED) is 0.509. The minimum Gasteiger partial charge on any atom is -0.447 e. The number of nitrogens with one attached hydrogen (secondary N) is 1. The van der Waals surface area contributed by atoms with Crippen LogP contribution < -0.4 is 5.32 Å². The van der Waals surface area contributed by atoms with Gasteiger partial charge in [0.25, 0.3) is 0 Å². The van der Waals surface area contributed by atoms with Gasteiger partial charge in [0.05, 0.1) is 6.54 Å². The number of ether oxygens (including phenoxy) is 1. The predicted octanol–water partition coefficient (Wildman–Crippen LogP) is 3.39. The van der Waals surface area contributed by atoms with E-state index in [9.17, 15) is 14.4 Å². The molecule has 0 saturated heterocycles. The lowest BCUT2D eigenvalue weighted by Crippen LogP contribution is -2.24. The zero-order valence-corrected chi connectivity index (χ0v) is 14.3. The number of hydrogen-bond acceptors (Lipinski definition) is 5. The number of carbonyl (C=O) groups is 3. The van der Waals surface area contributed by atoms with E-state index in [1.165, 1.54) is 0 Å². The molecule has 26 heavy (non-hydrogen) atoms. The van der Waals surface area contributed by atoms with Crippen molar-refractivity contribution in [2.24, 2.45) is 10.9 Å². The van der Waals surface area contributed by atoms with E-state index in [4.69, 9.17) is 4.74 Å². The molecule has 2 aromatic carbocycles. The van der Waals surface area contributed by atoms with Gasteiger partial charge in [-0.3, -0.25) is 19.9 Å². The van der Waals surface area contributed by atoms with Crippen molar-refractivity contribution in [2.45, 2.75) is 6.92 Å². The summed E-state index contributed by atoms with van der Waals surface area (Å²) in [5, 5.41) is 2.59. The number of nitrogens with zero attached hydrogens (tertiary/aromatic N) is 1. The Labute approximate surface area is 150 Å². The van der Waals surface area contributed by atoms with Crippen molar-refractivity contribution in [2.75, 3.05) is 18.5 Å². The molecular weight excluding hydrogens is 332 g/mol. The third-order valence-electron chi connectivity index (χ3n) is 4.11. The molecule has 6 nitrogen and oxygen atoms in total. The van der Waals surface area contributed by atoms with Crippen LogP contribution in [-0.2, 0) is 4.74 Å². The van der Waals surface area contributed by atoms with E-state index in [0.29, 0.717) is 22.5 Å².